The van der Waals surface area contributed by atoms with Crippen LogP contribution in [0.2, 0.25) is 0 Å². The van der Waals surface area contributed by atoms with Crippen LogP contribution in [0.5, 0.6) is 0 Å². The Morgan fingerprint density at radius 2 is 1.78 bits per heavy atom. The molecule has 0 spiro atoms. The van der Waals surface area contributed by atoms with Gasteiger partial charge in [0.1, 0.15) is 11.6 Å². The smallest absolute Gasteiger partial charge is 0.145 e. The topological polar surface area (TPSA) is 76.7 Å². The lowest BCUT2D eigenvalue weighted by atomic mass is 10.1. The number of fused-ring (bicyclic) bond motifs is 1. The van der Waals surface area contributed by atoms with Gasteiger partial charge in [-0.1, -0.05) is 26.0 Å². The number of nitrogens with one attached hydrogen (secondary N) is 1. The van der Waals surface area contributed by atoms with Crippen molar-refractivity contribution in [3.05, 3.63) is 42.9 Å². The standard InChI is InChI=1S/C16H17N5.C2H6/c1-10(2)20-16-9-18-8-14(21-16)11-3-4-12-7-19-15(17)6-13(12)5-11;1-2/h3-10H,1-2H3,(H2,17,19)(H,20,21);1-2H3. The van der Waals surface area contributed by atoms with Gasteiger partial charge in [-0.25, -0.2) is 9.97 Å². The Hall–Kier alpha value is -2.69. The van der Waals surface area contributed by atoms with E-state index in [1.807, 2.05) is 32.0 Å². The van der Waals surface area contributed by atoms with E-state index in [0.717, 1.165) is 27.8 Å². The molecule has 5 heteroatoms. The number of pyridine rings is 1. The van der Waals surface area contributed by atoms with Gasteiger partial charge in [0.2, 0.25) is 0 Å². The van der Waals surface area contributed by atoms with Crippen molar-refractivity contribution in [1.82, 2.24) is 15.0 Å². The Kier molecular flexibility index (Phi) is 5.46. The zero-order valence-electron chi connectivity index (χ0n) is 14.0. The maximum atomic E-state index is 5.74. The average molecular weight is 309 g/mol. The quantitative estimate of drug-likeness (QED) is 0.761. The van der Waals surface area contributed by atoms with Gasteiger partial charge in [0, 0.05) is 23.2 Å². The predicted molar refractivity (Wildman–Crippen MR) is 97.3 cm³/mol. The van der Waals surface area contributed by atoms with Crippen molar-refractivity contribution in [2.45, 2.75) is 33.7 Å². The molecular weight excluding hydrogens is 286 g/mol. The molecular formula is C18H23N5. The molecule has 23 heavy (non-hydrogen) atoms. The molecule has 0 aliphatic carbocycles. The first-order valence-electron chi connectivity index (χ1n) is 7.86. The molecule has 2 heterocycles. The average Bonchev–Trinajstić information content (AvgIpc) is 2.55. The molecule has 0 aliphatic heterocycles. The number of aromatic nitrogens is 3. The Bertz CT molecular complexity index is 783. The highest BCUT2D eigenvalue weighted by atomic mass is 15.0. The Morgan fingerprint density at radius 3 is 2.52 bits per heavy atom. The maximum absolute atomic E-state index is 5.74. The van der Waals surface area contributed by atoms with Crippen molar-refractivity contribution >= 4 is 22.4 Å². The summed E-state index contributed by atoms with van der Waals surface area (Å²) < 4.78 is 0. The molecule has 0 fully saturated rings. The normalized spacial score (nSPS) is 10.3. The van der Waals surface area contributed by atoms with Crippen LogP contribution >= 0.6 is 0 Å². The van der Waals surface area contributed by atoms with Gasteiger partial charge in [-0.15, -0.1) is 0 Å². The largest absolute Gasteiger partial charge is 0.384 e. The van der Waals surface area contributed by atoms with Crippen LogP contribution in [0.3, 0.4) is 0 Å². The second-order valence-electron chi connectivity index (χ2n) is 5.26. The molecule has 0 saturated heterocycles. The third kappa shape index (κ3) is 4.16. The molecule has 0 atom stereocenters. The van der Waals surface area contributed by atoms with E-state index in [9.17, 15) is 0 Å². The maximum Gasteiger partial charge on any atom is 0.145 e. The second-order valence-corrected chi connectivity index (χ2v) is 5.26. The zero-order chi connectivity index (χ0) is 16.8. The molecule has 5 nitrogen and oxygen atoms in total. The van der Waals surface area contributed by atoms with E-state index in [1.54, 1.807) is 18.6 Å². The lowest BCUT2D eigenvalue weighted by molar-refractivity contribution is 0.886. The zero-order valence-corrected chi connectivity index (χ0v) is 14.0. The van der Waals surface area contributed by atoms with Gasteiger partial charge in [0.25, 0.3) is 0 Å². The molecule has 3 N–H and O–H groups in total. The number of hydrogen-bond acceptors (Lipinski definition) is 5. The van der Waals surface area contributed by atoms with Gasteiger partial charge < -0.3 is 11.1 Å². The van der Waals surface area contributed by atoms with Crippen LogP contribution in [0.4, 0.5) is 11.6 Å². The van der Waals surface area contributed by atoms with Crippen LogP contribution in [0.15, 0.2) is 42.9 Å². The summed E-state index contributed by atoms with van der Waals surface area (Å²) in [5.74, 6) is 1.29. The van der Waals surface area contributed by atoms with E-state index >= 15 is 0 Å². The number of nitrogens with two attached hydrogens (primary N) is 1. The number of benzene rings is 1. The summed E-state index contributed by atoms with van der Waals surface area (Å²) in [5, 5.41) is 5.36. The second kappa shape index (κ2) is 7.54. The van der Waals surface area contributed by atoms with Gasteiger partial charge in [0.05, 0.1) is 18.1 Å². The summed E-state index contributed by atoms with van der Waals surface area (Å²) in [7, 11) is 0. The van der Waals surface area contributed by atoms with Crippen molar-refractivity contribution in [2.24, 2.45) is 0 Å². The van der Waals surface area contributed by atoms with Crippen LogP contribution in [-0.4, -0.2) is 21.0 Å². The van der Waals surface area contributed by atoms with Crippen molar-refractivity contribution < 1.29 is 0 Å². The fourth-order valence-corrected chi connectivity index (χ4v) is 2.19. The van der Waals surface area contributed by atoms with Gasteiger partial charge in [-0.05, 0) is 31.4 Å². The summed E-state index contributed by atoms with van der Waals surface area (Å²) in [6, 6.07) is 8.26. The van der Waals surface area contributed by atoms with Gasteiger partial charge in [0.15, 0.2) is 0 Å². The number of rotatable bonds is 3. The number of nitrogens with zero attached hydrogens (tertiary/aromatic N) is 3. The molecule has 0 aliphatic rings. The van der Waals surface area contributed by atoms with E-state index < -0.39 is 0 Å². The first-order valence-corrected chi connectivity index (χ1v) is 7.86. The van der Waals surface area contributed by atoms with E-state index in [4.69, 9.17) is 5.73 Å². The Morgan fingerprint density at radius 1 is 1.00 bits per heavy atom. The molecule has 1 aromatic carbocycles. The third-order valence-electron chi connectivity index (χ3n) is 3.11. The van der Waals surface area contributed by atoms with Crippen LogP contribution in [-0.2, 0) is 0 Å². The molecule has 3 aromatic rings. The SMILES string of the molecule is CC.CC(C)Nc1cncc(-c2ccc3cnc(N)cc3c2)n1. The molecule has 120 valence electrons. The van der Waals surface area contributed by atoms with E-state index in [1.165, 1.54) is 0 Å². The highest BCUT2D eigenvalue weighted by Crippen LogP contribution is 2.24. The fraction of sp³-hybridized carbons (Fsp3) is 0.278. The first-order chi connectivity index (χ1) is 11.1. The minimum atomic E-state index is 0.317. The van der Waals surface area contributed by atoms with E-state index in [-0.39, 0.29) is 0 Å². The van der Waals surface area contributed by atoms with Crippen LogP contribution < -0.4 is 11.1 Å². The van der Waals surface area contributed by atoms with Crippen molar-refractivity contribution in [3.63, 3.8) is 0 Å². The summed E-state index contributed by atoms with van der Waals surface area (Å²) in [5.41, 5.74) is 7.58. The fourth-order valence-electron chi connectivity index (χ4n) is 2.19. The van der Waals surface area contributed by atoms with Gasteiger partial charge >= 0.3 is 0 Å². The molecule has 0 unspecified atom stereocenters. The molecule has 3 rings (SSSR count). The molecule has 0 saturated carbocycles. The minimum Gasteiger partial charge on any atom is -0.384 e. The highest BCUT2D eigenvalue weighted by molar-refractivity contribution is 5.87. The van der Waals surface area contributed by atoms with Crippen molar-refractivity contribution in [2.75, 3.05) is 11.1 Å². The summed E-state index contributed by atoms with van der Waals surface area (Å²) in [6.07, 6.45) is 5.26. The van der Waals surface area contributed by atoms with Gasteiger partial charge in [-0.2, -0.15) is 0 Å². The third-order valence-corrected chi connectivity index (χ3v) is 3.11. The minimum absolute atomic E-state index is 0.317. The number of anilines is 2. The lowest BCUT2D eigenvalue weighted by Gasteiger charge is -2.10. The Balaban J connectivity index is 0.000000924. The monoisotopic (exact) mass is 309 g/mol. The van der Waals surface area contributed by atoms with E-state index in [0.29, 0.717) is 11.9 Å². The summed E-state index contributed by atoms with van der Waals surface area (Å²) in [6.45, 7) is 8.14. The Labute approximate surface area is 137 Å². The molecule has 2 aromatic heterocycles. The molecule has 0 bridgehead atoms. The van der Waals surface area contributed by atoms with Crippen molar-refractivity contribution in [3.8, 4) is 11.3 Å². The number of nitrogen functional groups attached to an aromatic ring is 1. The summed E-state index contributed by atoms with van der Waals surface area (Å²) >= 11 is 0. The van der Waals surface area contributed by atoms with Crippen molar-refractivity contribution in [1.29, 1.82) is 0 Å². The highest BCUT2D eigenvalue weighted by Gasteiger charge is 2.05. The first kappa shape index (κ1) is 16.7. The molecule has 0 amide bonds. The van der Waals surface area contributed by atoms with Crippen LogP contribution in [0.25, 0.3) is 22.0 Å². The van der Waals surface area contributed by atoms with E-state index in [2.05, 4.69) is 40.2 Å². The number of hydrogen-bond donors (Lipinski definition) is 2. The lowest BCUT2D eigenvalue weighted by Crippen LogP contribution is -2.11. The van der Waals surface area contributed by atoms with Crippen LogP contribution in [0.1, 0.15) is 27.7 Å². The molecule has 0 radical (unpaired) electrons. The summed E-state index contributed by atoms with van der Waals surface area (Å²) in [4.78, 5) is 12.9. The predicted octanol–water partition coefficient (Wildman–Crippen LogP) is 4.12. The van der Waals surface area contributed by atoms with Crippen LogP contribution in [0, 0.1) is 0 Å². The van der Waals surface area contributed by atoms with Gasteiger partial charge in [-0.3, -0.25) is 4.98 Å².